The van der Waals surface area contributed by atoms with Crippen LogP contribution in [0.1, 0.15) is 24.2 Å². The maximum absolute atomic E-state index is 11.1. The molecule has 1 aromatic rings. The number of carboxylic acids is 1. The second-order valence-corrected chi connectivity index (χ2v) is 5.24. The zero-order chi connectivity index (χ0) is 15.5. The van der Waals surface area contributed by atoms with Gasteiger partial charge in [-0.05, 0) is 34.0 Å². The molecule has 0 radical (unpaired) electrons. The number of ether oxygens (including phenoxy) is 1. The fourth-order valence-corrected chi connectivity index (χ4v) is 1.30. The number of benzene rings is 1. The molecule has 0 saturated carbocycles. The lowest BCUT2D eigenvalue weighted by molar-refractivity contribution is -0.384. The van der Waals surface area contributed by atoms with Crippen LogP contribution in [0.4, 0.5) is 5.69 Å². The van der Waals surface area contributed by atoms with E-state index < -0.39 is 10.9 Å². The number of carbonyl (C=O) groups is 1. The van der Waals surface area contributed by atoms with Gasteiger partial charge in [0, 0.05) is 11.6 Å². The number of rotatable bonds is 6. The van der Waals surface area contributed by atoms with Gasteiger partial charge < -0.3 is 14.7 Å². The Morgan fingerprint density at radius 1 is 1.45 bits per heavy atom. The van der Waals surface area contributed by atoms with E-state index in [9.17, 15) is 14.9 Å². The fraction of sp³-hybridized carbons (Fsp3) is 0.462. The van der Waals surface area contributed by atoms with Gasteiger partial charge in [0.15, 0.2) is 0 Å². The van der Waals surface area contributed by atoms with Crippen LogP contribution in [0.2, 0.25) is 0 Å². The molecule has 0 amide bonds. The molecular weight excluding hydrogens is 264 g/mol. The van der Waals surface area contributed by atoms with Gasteiger partial charge in [-0.15, -0.1) is 0 Å². The maximum Gasteiger partial charge on any atom is 0.339 e. The summed E-state index contributed by atoms with van der Waals surface area (Å²) in [6.07, 6.45) is 0. The van der Waals surface area contributed by atoms with Crippen LogP contribution in [0.15, 0.2) is 18.2 Å². The Hall–Kier alpha value is -2.15. The highest BCUT2D eigenvalue weighted by molar-refractivity contribution is 5.91. The van der Waals surface area contributed by atoms with Crippen LogP contribution in [-0.2, 0) is 0 Å². The standard InChI is InChI=1S/C13H18N2O5/c1-13(2,14(3)4)8-20-11-7-9(15(18)19)5-6-10(11)12(16)17/h5-7H,8H2,1-4H3,(H,16,17). The molecule has 110 valence electrons. The van der Waals surface area contributed by atoms with Gasteiger partial charge in [0.1, 0.15) is 17.9 Å². The largest absolute Gasteiger partial charge is 0.491 e. The third-order valence-electron chi connectivity index (χ3n) is 3.20. The topological polar surface area (TPSA) is 92.9 Å². The van der Waals surface area contributed by atoms with Crippen LogP contribution in [-0.4, -0.2) is 47.1 Å². The molecule has 0 spiro atoms. The summed E-state index contributed by atoms with van der Waals surface area (Å²) in [5.74, 6) is -1.18. The molecule has 0 atom stereocenters. The van der Waals surface area contributed by atoms with E-state index in [1.165, 1.54) is 6.07 Å². The average Bonchev–Trinajstić information content (AvgIpc) is 2.35. The van der Waals surface area contributed by atoms with Crippen molar-refractivity contribution < 1.29 is 19.6 Å². The van der Waals surface area contributed by atoms with Crippen molar-refractivity contribution in [2.24, 2.45) is 0 Å². The molecule has 0 heterocycles. The number of nitro groups is 1. The van der Waals surface area contributed by atoms with Crippen LogP contribution in [0.3, 0.4) is 0 Å². The van der Waals surface area contributed by atoms with Crippen LogP contribution >= 0.6 is 0 Å². The molecule has 0 fully saturated rings. The molecule has 0 bridgehead atoms. The van der Waals surface area contributed by atoms with Gasteiger partial charge in [-0.2, -0.15) is 0 Å². The van der Waals surface area contributed by atoms with E-state index in [-0.39, 0.29) is 29.1 Å². The predicted molar refractivity (Wildman–Crippen MR) is 73.3 cm³/mol. The van der Waals surface area contributed by atoms with Gasteiger partial charge >= 0.3 is 5.97 Å². The highest BCUT2D eigenvalue weighted by Crippen LogP contribution is 2.26. The molecule has 20 heavy (non-hydrogen) atoms. The molecule has 7 heteroatoms. The highest BCUT2D eigenvalue weighted by atomic mass is 16.6. The van der Waals surface area contributed by atoms with Crippen molar-refractivity contribution in [3.05, 3.63) is 33.9 Å². The van der Waals surface area contributed by atoms with E-state index in [1.54, 1.807) is 0 Å². The highest BCUT2D eigenvalue weighted by Gasteiger charge is 2.23. The van der Waals surface area contributed by atoms with Gasteiger partial charge in [0.25, 0.3) is 5.69 Å². The van der Waals surface area contributed by atoms with E-state index in [1.807, 2.05) is 32.8 Å². The molecule has 0 unspecified atom stereocenters. The summed E-state index contributed by atoms with van der Waals surface area (Å²) in [6, 6.07) is 3.46. The van der Waals surface area contributed by atoms with Crippen LogP contribution in [0, 0.1) is 10.1 Å². The number of carboxylic acid groups (broad SMARTS) is 1. The summed E-state index contributed by atoms with van der Waals surface area (Å²) >= 11 is 0. The van der Waals surface area contributed by atoms with E-state index in [0.29, 0.717) is 0 Å². The van der Waals surface area contributed by atoms with Crippen molar-refractivity contribution in [1.82, 2.24) is 4.90 Å². The van der Waals surface area contributed by atoms with Gasteiger partial charge in [0.2, 0.25) is 0 Å². The molecular formula is C13H18N2O5. The predicted octanol–water partition coefficient (Wildman–Crippen LogP) is 2.01. The second-order valence-electron chi connectivity index (χ2n) is 5.24. The van der Waals surface area contributed by atoms with E-state index in [0.717, 1.165) is 12.1 Å². The van der Waals surface area contributed by atoms with E-state index >= 15 is 0 Å². The van der Waals surface area contributed by atoms with Crippen molar-refractivity contribution in [2.45, 2.75) is 19.4 Å². The summed E-state index contributed by atoms with van der Waals surface area (Å²) in [7, 11) is 3.74. The Labute approximate surface area is 116 Å². The van der Waals surface area contributed by atoms with Crippen molar-refractivity contribution in [1.29, 1.82) is 0 Å². The SMILES string of the molecule is CN(C)C(C)(C)COc1cc([N+](=O)[O-])ccc1C(=O)O. The number of hydrogen-bond acceptors (Lipinski definition) is 5. The molecule has 0 saturated heterocycles. The summed E-state index contributed by atoms with van der Waals surface area (Å²) in [5, 5.41) is 19.8. The summed E-state index contributed by atoms with van der Waals surface area (Å²) in [6.45, 7) is 4.05. The van der Waals surface area contributed by atoms with Gasteiger partial charge in [0.05, 0.1) is 11.0 Å². The minimum absolute atomic E-state index is 0.00150. The zero-order valence-electron chi connectivity index (χ0n) is 11.9. The summed E-state index contributed by atoms with van der Waals surface area (Å²) in [4.78, 5) is 23.2. The molecule has 0 aliphatic heterocycles. The van der Waals surface area contributed by atoms with Crippen LogP contribution in [0.25, 0.3) is 0 Å². The first kappa shape index (κ1) is 15.9. The molecule has 0 aliphatic carbocycles. The molecule has 1 N–H and O–H groups in total. The lowest BCUT2D eigenvalue weighted by atomic mass is 10.1. The Morgan fingerprint density at radius 3 is 2.50 bits per heavy atom. The third kappa shape index (κ3) is 3.67. The fourth-order valence-electron chi connectivity index (χ4n) is 1.30. The van der Waals surface area contributed by atoms with Gasteiger partial charge in [-0.3, -0.25) is 10.1 Å². The smallest absolute Gasteiger partial charge is 0.339 e. The molecule has 0 aliphatic rings. The number of hydrogen-bond donors (Lipinski definition) is 1. The van der Waals surface area contributed by atoms with E-state index in [2.05, 4.69) is 0 Å². The maximum atomic E-state index is 11.1. The number of non-ortho nitro benzene ring substituents is 1. The normalized spacial score (nSPS) is 11.4. The monoisotopic (exact) mass is 282 g/mol. The van der Waals surface area contributed by atoms with Gasteiger partial charge in [-0.25, -0.2) is 4.79 Å². The quantitative estimate of drug-likeness (QED) is 0.633. The number of nitro benzene ring substituents is 1. The first-order valence-corrected chi connectivity index (χ1v) is 5.97. The Kier molecular flexibility index (Phi) is 4.67. The minimum atomic E-state index is -1.18. The van der Waals surface area contributed by atoms with Crippen molar-refractivity contribution >= 4 is 11.7 Å². The summed E-state index contributed by atoms with van der Waals surface area (Å²) < 4.78 is 5.49. The molecule has 1 aromatic carbocycles. The Balaban J connectivity index is 3.05. The number of likely N-dealkylation sites (N-methyl/N-ethyl adjacent to an activating group) is 1. The molecule has 1 rings (SSSR count). The van der Waals surface area contributed by atoms with Gasteiger partial charge in [-0.1, -0.05) is 0 Å². The van der Waals surface area contributed by atoms with E-state index in [4.69, 9.17) is 9.84 Å². The summed E-state index contributed by atoms with van der Waals surface area (Å²) in [5.41, 5.74) is -0.627. The molecule has 0 aromatic heterocycles. The average molecular weight is 282 g/mol. The lowest BCUT2D eigenvalue weighted by Crippen LogP contribution is -2.43. The first-order valence-electron chi connectivity index (χ1n) is 5.97. The third-order valence-corrected chi connectivity index (χ3v) is 3.20. The number of nitrogens with zero attached hydrogens (tertiary/aromatic N) is 2. The van der Waals surface area contributed by atoms with Crippen molar-refractivity contribution in [3.8, 4) is 5.75 Å². The minimum Gasteiger partial charge on any atom is -0.491 e. The van der Waals surface area contributed by atoms with Crippen molar-refractivity contribution in [2.75, 3.05) is 20.7 Å². The molecule has 7 nitrogen and oxygen atoms in total. The first-order chi connectivity index (χ1) is 9.15. The zero-order valence-corrected chi connectivity index (χ0v) is 11.9. The van der Waals surface area contributed by atoms with Crippen LogP contribution < -0.4 is 4.74 Å². The van der Waals surface area contributed by atoms with Crippen LogP contribution in [0.5, 0.6) is 5.75 Å². The Bertz CT molecular complexity index is 525. The Morgan fingerprint density at radius 2 is 2.05 bits per heavy atom. The number of aromatic carboxylic acids is 1. The lowest BCUT2D eigenvalue weighted by Gasteiger charge is -2.32. The van der Waals surface area contributed by atoms with Crippen molar-refractivity contribution in [3.63, 3.8) is 0 Å². The second kappa shape index (κ2) is 5.87.